The minimum absolute atomic E-state index is 0.0400. The van der Waals surface area contributed by atoms with Crippen LogP contribution in [0.1, 0.15) is 247 Å². The van der Waals surface area contributed by atoms with Gasteiger partial charge in [0.15, 0.2) is 0 Å². The Bertz CT molecular complexity index is 855. The van der Waals surface area contributed by atoms with Crippen LogP contribution in [0.3, 0.4) is 0 Å². The summed E-state index contributed by atoms with van der Waals surface area (Å²) in [6.07, 6.45) is 39.2. The molecule has 1 aliphatic carbocycles. The van der Waals surface area contributed by atoms with Crippen molar-refractivity contribution < 1.29 is 24.2 Å². The average molecular weight is 764 g/mol. The van der Waals surface area contributed by atoms with Gasteiger partial charge in [-0.05, 0) is 109 Å². The van der Waals surface area contributed by atoms with E-state index in [0.717, 1.165) is 90.3 Å². The summed E-state index contributed by atoms with van der Waals surface area (Å²) in [4.78, 5) is 28.1. The molecule has 0 aromatic carbocycles. The van der Waals surface area contributed by atoms with Gasteiger partial charge < -0.3 is 19.5 Å². The van der Waals surface area contributed by atoms with Crippen LogP contribution in [0, 0.1) is 10.8 Å². The van der Waals surface area contributed by atoms with Gasteiger partial charge in [0.1, 0.15) is 6.10 Å². The van der Waals surface area contributed by atoms with E-state index in [1.54, 1.807) is 0 Å². The van der Waals surface area contributed by atoms with Crippen molar-refractivity contribution in [3.8, 4) is 0 Å². The maximum atomic E-state index is 13.0. The van der Waals surface area contributed by atoms with Gasteiger partial charge in [0.2, 0.25) is 0 Å². The Kier molecular flexibility index (Phi) is 32.0. The number of carbonyl (C=O) groups excluding carboxylic acids is 2. The number of aliphatic hydroxyl groups is 1. The Morgan fingerprint density at radius 2 is 1.09 bits per heavy atom. The Morgan fingerprint density at radius 3 is 1.63 bits per heavy atom. The molecule has 54 heavy (non-hydrogen) atoms. The molecule has 0 atom stereocenters. The van der Waals surface area contributed by atoms with Gasteiger partial charge >= 0.3 is 11.9 Å². The van der Waals surface area contributed by atoms with E-state index in [4.69, 9.17) is 9.47 Å². The van der Waals surface area contributed by atoms with Crippen LogP contribution >= 0.6 is 0 Å². The van der Waals surface area contributed by atoms with Crippen LogP contribution < -0.4 is 0 Å². The summed E-state index contributed by atoms with van der Waals surface area (Å²) in [7, 11) is 0. The lowest BCUT2D eigenvalue weighted by atomic mass is 9.87. The fraction of sp³-hybridized carbons (Fsp3) is 0.958. The molecule has 1 fully saturated rings. The highest BCUT2D eigenvalue weighted by atomic mass is 16.5. The van der Waals surface area contributed by atoms with E-state index in [0.29, 0.717) is 18.4 Å². The molecule has 6 nitrogen and oxygen atoms in total. The van der Waals surface area contributed by atoms with Crippen LogP contribution in [0.2, 0.25) is 0 Å². The first-order chi connectivity index (χ1) is 26.2. The Hall–Kier alpha value is -1.14. The Balaban J connectivity index is 2.26. The van der Waals surface area contributed by atoms with Crippen molar-refractivity contribution in [1.29, 1.82) is 0 Å². The summed E-state index contributed by atoms with van der Waals surface area (Å²) in [6, 6.07) is 0. The summed E-state index contributed by atoms with van der Waals surface area (Å²) in [5.74, 6) is 0.00131. The minimum Gasteiger partial charge on any atom is -0.465 e. The fourth-order valence-electron chi connectivity index (χ4n) is 8.07. The minimum atomic E-state index is -0.411. The number of aliphatic hydroxyl groups excluding tert-OH is 1. The zero-order chi connectivity index (χ0) is 39.6. The van der Waals surface area contributed by atoms with E-state index in [-0.39, 0.29) is 24.6 Å². The summed E-state index contributed by atoms with van der Waals surface area (Å²) < 4.78 is 11.8. The molecule has 0 aromatic rings. The summed E-state index contributed by atoms with van der Waals surface area (Å²) >= 11 is 0. The molecule has 1 aliphatic rings. The van der Waals surface area contributed by atoms with E-state index >= 15 is 0 Å². The molecule has 0 aromatic heterocycles. The molecule has 320 valence electrons. The topological polar surface area (TPSA) is 76.1 Å². The van der Waals surface area contributed by atoms with Gasteiger partial charge in [0, 0.05) is 13.0 Å². The smallest absolute Gasteiger partial charge is 0.311 e. The van der Waals surface area contributed by atoms with E-state index in [2.05, 4.69) is 25.7 Å². The first-order valence-corrected chi connectivity index (χ1v) is 23.9. The predicted molar refractivity (Wildman–Crippen MR) is 230 cm³/mol. The maximum absolute atomic E-state index is 13.0. The second kappa shape index (κ2) is 33.9. The molecule has 0 heterocycles. The van der Waals surface area contributed by atoms with E-state index in [9.17, 15) is 14.7 Å². The predicted octanol–water partition coefficient (Wildman–Crippen LogP) is 13.7. The van der Waals surface area contributed by atoms with Gasteiger partial charge in [-0.2, -0.15) is 0 Å². The SMILES string of the molecule is CCCCCCCCCOC(=O)C(C)(C)CCCCCCN(CCO)CCCCC1(CCC(=O)OC(CCCCCCCC)CCCCCCCC)CC1. The molecule has 0 radical (unpaired) electrons. The van der Waals surface area contributed by atoms with Crippen molar-refractivity contribution in [2.24, 2.45) is 10.8 Å². The third-order valence-electron chi connectivity index (χ3n) is 12.3. The van der Waals surface area contributed by atoms with Crippen molar-refractivity contribution >= 4 is 11.9 Å². The van der Waals surface area contributed by atoms with Crippen LogP contribution in [0.15, 0.2) is 0 Å². The highest BCUT2D eigenvalue weighted by molar-refractivity contribution is 5.75. The van der Waals surface area contributed by atoms with Crippen LogP contribution in [0.5, 0.6) is 0 Å². The van der Waals surface area contributed by atoms with Crippen LogP contribution in [-0.2, 0) is 19.1 Å². The second-order valence-electron chi connectivity index (χ2n) is 18.1. The molecule has 1 N–H and O–H groups in total. The highest BCUT2D eigenvalue weighted by Crippen LogP contribution is 2.53. The Morgan fingerprint density at radius 1 is 0.611 bits per heavy atom. The molecule has 0 spiro atoms. The normalized spacial score (nSPS) is 13.9. The lowest BCUT2D eigenvalue weighted by Gasteiger charge is -2.23. The lowest BCUT2D eigenvalue weighted by molar-refractivity contribution is -0.154. The van der Waals surface area contributed by atoms with E-state index < -0.39 is 5.41 Å². The third kappa shape index (κ3) is 28.3. The van der Waals surface area contributed by atoms with Crippen LogP contribution in [-0.4, -0.2) is 60.9 Å². The number of unbranched alkanes of at least 4 members (excludes halogenated alkanes) is 20. The van der Waals surface area contributed by atoms with Gasteiger partial charge in [-0.3, -0.25) is 9.59 Å². The molecule has 0 unspecified atom stereocenters. The van der Waals surface area contributed by atoms with Gasteiger partial charge in [0.05, 0.1) is 18.6 Å². The molecular formula is C48H93NO5. The number of nitrogens with zero attached hydrogens (tertiary/aromatic N) is 1. The monoisotopic (exact) mass is 764 g/mol. The van der Waals surface area contributed by atoms with Gasteiger partial charge in [-0.15, -0.1) is 0 Å². The number of hydrogen-bond acceptors (Lipinski definition) is 6. The van der Waals surface area contributed by atoms with Crippen LogP contribution in [0.4, 0.5) is 0 Å². The first kappa shape index (κ1) is 50.9. The summed E-state index contributed by atoms with van der Waals surface area (Å²) in [5, 5.41) is 9.69. The average Bonchev–Trinajstić information content (AvgIpc) is 3.94. The molecule has 1 rings (SSSR count). The molecule has 1 saturated carbocycles. The molecular weight excluding hydrogens is 671 g/mol. The number of hydrogen-bond donors (Lipinski definition) is 1. The van der Waals surface area contributed by atoms with Crippen molar-refractivity contribution in [2.75, 3.05) is 32.8 Å². The van der Waals surface area contributed by atoms with E-state index in [1.165, 1.54) is 135 Å². The van der Waals surface area contributed by atoms with Crippen molar-refractivity contribution in [3.63, 3.8) is 0 Å². The van der Waals surface area contributed by atoms with Gasteiger partial charge in [0.25, 0.3) is 0 Å². The van der Waals surface area contributed by atoms with E-state index in [1.807, 2.05) is 13.8 Å². The second-order valence-corrected chi connectivity index (χ2v) is 18.1. The number of rotatable bonds is 41. The molecule has 0 saturated heterocycles. The molecule has 6 heteroatoms. The number of ether oxygens (including phenoxy) is 2. The summed E-state index contributed by atoms with van der Waals surface area (Å²) in [6.45, 7) is 14.4. The molecule has 0 bridgehead atoms. The van der Waals surface area contributed by atoms with Crippen molar-refractivity contribution in [3.05, 3.63) is 0 Å². The standard InChI is InChI=1S/C48H93NO5/c1-6-9-12-15-18-23-30-43-53-46(52)47(4,5)34-26-21-22-28-39-49(41-42-50)40-29-27-35-48(37-38-48)36-33-45(51)54-44(31-24-19-16-13-10-7-2)32-25-20-17-14-11-8-3/h44,50H,6-43H2,1-5H3. The first-order valence-electron chi connectivity index (χ1n) is 23.9. The third-order valence-corrected chi connectivity index (χ3v) is 12.3. The fourth-order valence-corrected chi connectivity index (χ4v) is 8.07. The highest BCUT2D eigenvalue weighted by Gasteiger charge is 2.41. The number of carbonyl (C=O) groups is 2. The largest absolute Gasteiger partial charge is 0.465 e. The van der Waals surface area contributed by atoms with Gasteiger partial charge in [-0.25, -0.2) is 0 Å². The number of esters is 2. The molecule has 0 aliphatic heterocycles. The van der Waals surface area contributed by atoms with Crippen LogP contribution in [0.25, 0.3) is 0 Å². The Labute approximate surface area is 336 Å². The zero-order valence-corrected chi connectivity index (χ0v) is 37.0. The lowest BCUT2D eigenvalue weighted by Crippen LogP contribution is -2.29. The zero-order valence-electron chi connectivity index (χ0n) is 37.0. The summed E-state index contributed by atoms with van der Waals surface area (Å²) in [5.41, 5.74) is -0.0465. The van der Waals surface area contributed by atoms with Crippen molar-refractivity contribution in [2.45, 2.75) is 253 Å². The van der Waals surface area contributed by atoms with Gasteiger partial charge in [-0.1, -0.05) is 149 Å². The van der Waals surface area contributed by atoms with Crippen molar-refractivity contribution in [1.82, 2.24) is 4.90 Å². The maximum Gasteiger partial charge on any atom is 0.311 e. The quantitative estimate of drug-likeness (QED) is 0.0494. The molecule has 0 amide bonds.